The second-order valence-electron chi connectivity index (χ2n) is 7.83. The van der Waals surface area contributed by atoms with Crippen molar-refractivity contribution in [2.75, 3.05) is 31.5 Å². The third-order valence-corrected chi connectivity index (χ3v) is 6.96. The average molecular weight is 497 g/mol. The van der Waals surface area contributed by atoms with Gasteiger partial charge in [-0.05, 0) is 31.5 Å². The third-order valence-electron chi connectivity index (χ3n) is 5.16. The molecule has 0 aliphatic rings. The van der Waals surface area contributed by atoms with Crippen LogP contribution >= 0.6 is 0 Å². The zero-order valence-corrected chi connectivity index (χ0v) is 20.5. The van der Waals surface area contributed by atoms with Crippen molar-refractivity contribution in [3.05, 3.63) is 65.7 Å². The van der Waals surface area contributed by atoms with Gasteiger partial charge in [0.25, 0.3) is 0 Å². The lowest BCUT2D eigenvalue weighted by Gasteiger charge is -2.33. The number of carbonyl (C=O) groups excluding carboxylic acids is 2. The second kappa shape index (κ2) is 11.9. The van der Waals surface area contributed by atoms with E-state index in [1.807, 2.05) is 6.92 Å². The van der Waals surface area contributed by atoms with Crippen LogP contribution in [0.25, 0.3) is 0 Å². The monoisotopic (exact) mass is 496 g/mol. The van der Waals surface area contributed by atoms with Gasteiger partial charge >= 0.3 is 10.2 Å². The predicted molar refractivity (Wildman–Crippen MR) is 126 cm³/mol. The fourth-order valence-corrected chi connectivity index (χ4v) is 4.21. The first kappa shape index (κ1) is 27.2. The largest absolute Gasteiger partial charge is 0.354 e. The van der Waals surface area contributed by atoms with Crippen LogP contribution in [0.3, 0.4) is 0 Å². The molecule has 0 aliphatic carbocycles. The van der Waals surface area contributed by atoms with Crippen molar-refractivity contribution < 1.29 is 26.8 Å². The van der Waals surface area contributed by atoms with Crippen LogP contribution in [0.1, 0.15) is 25.8 Å². The number of hydrogen-bond donors (Lipinski definition) is 1. The van der Waals surface area contributed by atoms with E-state index in [1.165, 1.54) is 57.4 Å². The molecular formula is C23H30F2N4O4S. The van der Waals surface area contributed by atoms with Gasteiger partial charge in [-0.15, -0.1) is 0 Å². The normalized spacial score (nSPS) is 12.3. The van der Waals surface area contributed by atoms with Crippen LogP contribution in [0.15, 0.2) is 48.5 Å². The summed E-state index contributed by atoms with van der Waals surface area (Å²) in [5, 5.41) is 2.68. The van der Waals surface area contributed by atoms with Gasteiger partial charge < -0.3 is 10.2 Å². The summed E-state index contributed by atoms with van der Waals surface area (Å²) >= 11 is 0. The molecule has 2 amide bonds. The predicted octanol–water partition coefficient (Wildman–Crippen LogP) is 2.52. The minimum absolute atomic E-state index is 0.152. The van der Waals surface area contributed by atoms with Gasteiger partial charge in [-0.3, -0.25) is 9.59 Å². The number of amides is 2. The van der Waals surface area contributed by atoms with Crippen LogP contribution in [0.4, 0.5) is 14.5 Å². The van der Waals surface area contributed by atoms with E-state index in [9.17, 15) is 26.8 Å². The quantitative estimate of drug-likeness (QED) is 0.518. The van der Waals surface area contributed by atoms with Gasteiger partial charge in [0.1, 0.15) is 24.2 Å². The molecule has 1 unspecified atom stereocenters. The Hall–Kier alpha value is -3.05. The summed E-state index contributed by atoms with van der Waals surface area (Å²) in [7, 11) is -1.77. The van der Waals surface area contributed by atoms with Crippen LogP contribution in [0.2, 0.25) is 0 Å². The molecule has 0 heterocycles. The van der Waals surface area contributed by atoms with Crippen LogP contribution in [0.5, 0.6) is 0 Å². The molecule has 0 aliphatic heterocycles. The van der Waals surface area contributed by atoms with Gasteiger partial charge in [-0.25, -0.2) is 13.1 Å². The van der Waals surface area contributed by atoms with Crippen molar-refractivity contribution in [2.45, 2.75) is 32.9 Å². The summed E-state index contributed by atoms with van der Waals surface area (Å²) in [6, 6.07) is 9.89. The zero-order valence-electron chi connectivity index (χ0n) is 19.7. The van der Waals surface area contributed by atoms with Gasteiger partial charge in [-0.2, -0.15) is 12.7 Å². The Morgan fingerprint density at radius 1 is 1.00 bits per heavy atom. The van der Waals surface area contributed by atoms with Crippen molar-refractivity contribution in [3.63, 3.8) is 0 Å². The maximum Gasteiger partial charge on any atom is 0.304 e. The van der Waals surface area contributed by atoms with E-state index in [-0.39, 0.29) is 17.8 Å². The number of anilines is 1. The Labute approximate surface area is 199 Å². The number of halogens is 2. The molecule has 8 nitrogen and oxygen atoms in total. The Kier molecular flexibility index (Phi) is 9.51. The highest BCUT2D eigenvalue weighted by Crippen LogP contribution is 2.24. The molecule has 1 N–H and O–H groups in total. The standard InChI is InChI=1S/C23H30F2N4O4S/c1-5-14-26-23(31)17(2)28(15-18-10-6-7-11-19(18)24)22(30)16-29(34(32,33)27(3)4)21-13-9-8-12-20(21)25/h6-13,17H,5,14-16H2,1-4H3,(H,26,31). The summed E-state index contributed by atoms with van der Waals surface area (Å²) in [6.07, 6.45) is 0.669. The number of para-hydroxylation sites is 1. The van der Waals surface area contributed by atoms with Crippen molar-refractivity contribution in [3.8, 4) is 0 Å². The topological polar surface area (TPSA) is 90.0 Å². The molecule has 0 saturated heterocycles. The average Bonchev–Trinajstić information content (AvgIpc) is 2.80. The van der Waals surface area contributed by atoms with E-state index in [0.717, 1.165) is 15.3 Å². The molecule has 34 heavy (non-hydrogen) atoms. The first-order chi connectivity index (χ1) is 16.0. The van der Waals surface area contributed by atoms with Gasteiger partial charge in [0.15, 0.2) is 0 Å². The molecule has 0 fully saturated rings. The number of nitrogens with one attached hydrogen (secondary N) is 1. The minimum atomic E-state index is -4.28. The van der Waals surface area contributed by atoms with Crippen molar-refractivity contribution in [2.24, 2.45) is 0 Å². The lowest BCUT2D eigenvalue weighted by atomic mass is 10.1. The number of benzene rings is 2. The van der Waals surface area contributed by atoms with Crippen LogP contribution in [0, 0.1) is 11.6 Å². The summed E-state index contributed by atoms with van der Waals surface area (Å²) < 4.78 is 56.3. The fourth-order valence-electron chi connectivity index (χ4n) is 3.14. The molecule has 0 saturated carbocycles. The molecule has 0 aromatic heterocycles. The SMILES string of the molecule is CCCNC(=O)C(C)N(Cc1ccccc1F)C(=O)CN(c1ccccc1F)S(=O)(=O)N(C)C. The van der Waals surface area contributed by atoms with Gasteiger partial charge in [0, 0.05) is 32.7 Å². The minimum Gasteiger partial charge on any atom is -0.354 e. The molecule has 1 atom stereocenters. The van der Waals surface area contributed by atoms with Gasteiger partial charge in [0.2, 0.25) is 11.8 Å². The first-order valence-corrected chi connectivity index (χ1v) is 12.2. The Morgan fingerprint density at radius 2 is 1.59 bits per heavy atom. The van der Waals surface area contributed by atoms with Crippen molar-refractivity contribution in [1.29, 1.82) is 0 Å². The van der Waals surface area contributed by atoms with E-state index in [2.05, 4.69) is 5.32 Å². The molecule has 0 spiro atoms. The molecule has 2 aromatic carbocycles. The van der Waals surface area contributed by atoms with Crippen molar-refractivity contribution >= 4 is 27.7 Å². The first-order valence-electron chi connectivity index (χ1n) is 10.8. The van der Waals surface area contributed by atoms with E-state index < -0.39 is 46.2 Å². The molecular weight excluding hydrogens is 466 g/mol. The lowest BCUT2D eigenvalue weighted by Crippen LogP contribution is -2.52. The van der Waals surface area contributed by atoms with Crippen LogP contribution in [-0.2, 0) is 26.3 Å². The molecule has 2 aromatic rings. The Bertz CT molecular complexity index is 1110. The van der Waals surface area contributed by atoms with Crippen LogP contribution < -0.4 is 9.62 Å². The van der Waals surface area contributed by atoms with E-state index in [1.54, 1.807) is 6.07 Å². The highest BCUT2D eigenvalue weighted by Gasteiger charge is 2.33. The Balaban J connectivity index is 2.47. The summed E-state index contributed by atoms with van der Waals surface area (Å²) in [5.74, 6) is -2.68. The summed E-state index contributed by atoms with van der Waals surface area (Å²) in [6.45, 7) is 2.64. The summed E-state index contributed by atoms with van der Waals surface area (Å²) in [5.41, 5.74) is -0.169. The second-order valence-corrected chi connectivity index (χ2v) is 9.90. The van der Waals surface area contributed by atoms with Crippen molar-refractivity contribution in [1.82, 2.24) is 14.5 Å². The number of hydrogen-bond acceptors (Lipinski definition) is 4. The number of nitrogens with zero attached hydrogens (tertiary/aromatic N) is 3. The highest BCUT2D eigenvalue weighted by atomic mass is 32.2. The third kappa shape index (κ3) is 6.51. The maximum atomic E-state index is 14.5. The maximum absolute atomic E-state index is 14.5. The summed E-state index contributed by atoms with van der Waals surface area (Å²) in [4.78, 5) is 27.1. The number of carbonyl (C=O) groups is 2. The molecule has 11 heteroatoms. The molecule has 0 bridgehead atoms. The van der Waals surface area contributed by atoms with Crippen LogP contribution in [-0.4, -0.2) is 62.7 Å². The van der Waals surface area contributed by atoms with E-state index >= 15 is 0 Å². The van der Waals surface area contributed by atoms with E-state index in [0.29, 0.717) is 17.3 Å². The van der Waals surface area contributed by atoms with Gasteiger partial charge in [-0.1, -0.05) is 37.3 Å². The fraction of sp³-hybridized carbons (Fsp3) is 0.391. The molecule has 0 radical (unpaired) electrons. The molecule has 186 valence electrons. The Morgan fingerprint density at radius 3 is 2.15 bits per heavy atom. The zero-order chi connectivity index (χ0) is 25.5. The van der Waals surface area contributed by atoms with Gasteiger partial charge in [0.05, 0.1) is 5.69 Å². The highest BCUT2D eigenvalue weighted by molar-refractivity contribution is 7.90. The smallest absolute Gasteiger partial charge is 0.304 e. The van der Waals surface area contributed by atoms with E-state index in [4.69, 9.17) is 0 Å². The lowest BCUT2D eigenvalue weighted by molar-refractivity contribution is -0.139. The molecule has 2 rings (SSSR count). The number of rotatable bonds is 11.